The first-order valence-corrected chi connectivity index (χ1v) is 8.91. The Morgan fingerprint density at radius 3 is 2.36 bits per heavy atom. The minimum atomic E-state index is -0.537. The molecule has 1 atom stereocenters. The minimum absolute atomic E-state index is 0.00769. The van der Waals surface area contributed by atoms with Crippen molar-refractivity contribution < 1.29 is 9.63 Å². The number of nitrogens with zero attached hydrogens (tertiary/aromatic N) is 1. The number of rotatable bonds is 13. The average Bonchev–Trinajstić information content (AvgIpc) is 2.96. The lowest BCUT2D eigenvalue weighted by molar-refractivity contribution is 0.197. The highest BCUT2D eigenvalue weighted by Gasteiger charge is 2.17. The number of aliphatic hydroxyl groups is 1. The van der Waals surface area contributed by atoms with Crippen molar-refractivity contribution in [2.45, 2.75) is 90.0 Å². The SMILES string of the molecule is CCCCCCCCCCc1cc(CCC(C)(N)CO)on1. The summed E-state index contributed by atoms with van der Waals surface area (Å²) in [5, 5.41) is 13.3. The lowest BCUT2D eigenvalue weighted by Crippen LogP contribution is -2.40. The second kappa shape index (κ2) is 10.8. The van der Waals surface area contributed by atoms with Crippen LogP contribution in [0.2, 0.25) is 0 Å². The van der Waals surface area contributed by atoms with E-state index in [-0.39, 0.29) is 6.61 Å². The zero-order chi connectivity index (χ0) is 16.3. The first-order chi connectivity index (χ1) is 10.6. The van der Waals surface area contributed by atoms with Crippen molar-refractivity contribution in [2.75, 3.05) is 6.61 Å². The molecule has 22 heavy (non-hydrogen) atoms. The van der Waals surface area contributed by atoms with Gasteiger partial charge in [0.05, 0.1) is 12.3 Å². The molecule has 3 N–H and O–H groups in total. The van der Waals surface area contributed by atoms with E-state index < -0.39 is 5.54 Å². The summed E-state index contributed by atoms with van der Waals surface area (Å²) in [5.41, 5.74) is 6.42. The Morgan fingerprint density at radius 2 is 1.73 bits per heavy atom. The molecular weight excluding hydrogens is 276 g/mol. The van der Waals surface area contributed by atoms with E-state index in [0.29, 0.717) is 6.42 Å². The predicted octanol–water partition coefficient (Wildman–Crippen LogP) is 4.00. The molecule has 0 amide bonds. The number of hydrogen-bond acceptors (Lipinski definition) is 4. The van der Waals surface area contributed by atoms with Crippen molar-refractivity contribution in [1.82, 2.24) is 5.16 Å². The van der Waals surface area contributed by atoms with Crippen LogP contribution in [0.1, 0.15) is 83.1 Å². The lowest BCUT2D eigenvalue weighted by Gasteiger charge is -2.20. The highest BCUT2D eigenvalue weighted by molar-refractivity contribution is 5.06. The molecule has 0 spiro atoms. The Bertz CT molecular complexity index is 388. The number of unbranched alkanes of at least 4 members (excludes halogenated alkanes) is 7. The van der Waals surface area contributed by atoms with Crippen molar-refractivity contribution in [3.63, 3.8) is 0 Å². The molecule has 0 bridgehead atoms. The van der Waals surface area contributed by atoms with E-state index in [2.05, 4.69) is 12.1 Å². The monoisotopic (exact) mass is 310 g/mol. The van der Waals surface area contributed by atoms with Gasteiger partial charge in [0.1, 0.15) is 5.76 Å². The molecule has 0 saturated carbocycles. The van der Waals surface area contributed by atoms with Crippen LogP contribution in [-0.2, 0) is 12.8 Å². The van der Waals surface area contributed by atoms with Gasteiger partial charge in [0.15, 0.2) is 0 Å². The van der Waals surface area contributed by atoms with Gasteiger partial charge in [-0.3, -0.25) is 0 Å². The van der Waals surface area contributed by atoms with Crippen LogP contribution in [0.3, 0.4) is 0 Å². The van der Waals surface area contributed by atoms with E-state index in [0.717, 1.165) is 24.3 Å². The van der Waals surface area contributed by atoms with Crippen molar-refractivity contribution >= 4 is 0 Å². The zero-order valence-corrected chi connectivity index (χ0v) is 14.4. The molecule has 0 aliphatic carbocycles. The number of nitrogens with two attached hydrogens (primary N) is 1. The Labute approximate surface area is 135 Å². The highest BCUT2D eigenvalue weighted by atomic mass is 16.5. The molecule has 0 aromatic carbocycles. The largest absolute Gasteiger partial charge is 0.394 e. The van der Waals surface area contributed by atoms with Gasteiger partial charge < -0.3 is 15.4 Å². The van der Waals surface area contributed by atoms with Crippen LogP contribution < -0.4 is 5.73 Å². The maximum atomic E-state index is 9.14. The summed E-state index contributed by atoms with van der Waals surface area (Å²) < 4.78 is 5.34. The van der Waals surface area contributed by atoms with Gasteiger partial charge in [-0.05, 0) is 26.2 Å². The standard InChI is InChI=1S/C18H34N2O2/c1-3-4-5-6-7-8-9-10-11-16-14-17(22-20-16)12-13-18(2,19)15-21/h14,21H,3-13,15,19H2,1-2H3. The quantitative estimate of drug-likeness (QED) is 0.540. The van der Waals surface area contributed by atoms with E-state index in [1.165, 1.54) is 51.4 Å². The Hall–Kier alpha value is -0.870. The summed E-state index contributed by atoms with van der Waals surface area (Å²) in [6.07, 6.45) is 13.0. The molecule has 1 aromatic rings. The van der Waals surface area contributed by atoms with Crippen molar-refractivity contribution in [3.8, 4) is 0 Å². The van der Waals surface area contributed by atoms with Gasteiger partial charge in [-0.2, -0.15) is 0 Å². The molecule has 0 fully saturated rings. The molecule has 1 unspecified atom stereocenters. The number of aromatic nitrogens is 1. The van der Waals surface area contributed by atoms with Gasteiger partial charge in [-0.15, -0.1) is 0 Å². The lowest BCUT2D eigenvalue weighted by atomic mass is 9.97. The van der Waals surface area contributed by atoms with Crippen LogP contribution in [0.5, 0.6) is 0 Å². The third kappa shape index (κ3) is 8.54. The van der Waals surface area contributed by atoms with Crippen molar-refractivity contribution in [3.05, 3.63) is 17.5 Å². The van der Waals surface area contributed by atoms with Crippen LogP contribution >= 0.6 is 0 Å². The molecule has 1 rings (SSSR count). The van der Waals surface area contributed by atoms with Crippen molar-refractivity contribution in [1.29, 1.82) is 0 Å². The normalized spacial score (nSPS) is 14.2. The fourth-order valence-corrected chi connectivity index (χ4v) is 2.52. The molecule has 0 aliphatic heterocycles. The van der Waals surface area contributed by atoms with E-state index in [9.17, 15) is 0 Å². The number of aliphatic hydroxyl groups excluding tert-OH is 1. The molecule has 0 aliphatic rings. The van der Waals surface area contributed by atoms with Gasteiger partial charge in [0.25, 0.3) is 0 Å². The summed E-state index contributed by atoms with van der Waals surface area (Å²) >= 11 is 0. The second-order valence-corrected chi connectivity index (χ2v) is 6.82. The topological polar surface area (TPSA) is 72.3 Å². The fourth-order valence-electron chi connectivity index (χ4n) is 2.52. The van der Waals surface area contributed by atoms with Gasteiger partial charge in [0.2, 0.25) is 0 Å². The second-order valence-electron chi connectivity index (χ2n) is 6.82. The van der Waals surface area contributed by atoms with E-state index in [4.69, 9.17) is 15.4 Å². The molecule has 4 heteroatoms. The summed E-state index contributed by atoms with van der Waals surface area (Å²) in [4.78, 5) is 0. The van der Waals surface area contributed by atoms with E-state index >= 15 is 0 Å². The van der Waals surface area contributed by atoms with Gasteiger partial charge in [-0.1, -0.05) is 57.0 Å². The minimum Gasteiger partial charge on any atom is -0.394 e. The Morgan fingerprint density at radius 1 is 1.09 bits per heavy atom. The third-order valence-electron chi connectivity index (χ3n) is 4.20. The summed E-state index contributed by atoms with van der Waals surface area (Å²) in [6, 6.07) is 2.04. The van der Waals surface area contributed by atoms with Crippen LogP contribution in [0.4, 0.5) is 0 Å². The van der Waals surface area contributed by atoms with Crippen LogP contribution in [0.15, 0.2) is 10.6 Å². The summed E-state index contributed by atoms with van der Waals surface area (Å²) in [6.45, 7) is 4.10. The van der Waals surface area contributed by atoms with Gasteiger partial charge >= 0.3 is 0 Å². The fraction of sp³-hybridized carbons (Fsp3) is 0.833. The molecule has 4 nitrogen and oxygen atoms in total. The number of hydrogen-bond donors (Lipinski definition) is 2. The maximum absolute atomic E-state index is 9.14. The van der Waals surface area contributed by atoms with Gasteiger partial charge in [0, 0.05) is 18.0 Å². The third-order valence-corrected chi connectivity index (χ3v) is 4.20. The molecule has 0 radical (unpaired) electrons. The van der Waals surface area contributed by atoms with Crippen LogP contribution in [0, 0.1) is 0 Å². The van der Waals surface area contributed by atoms with E-state index in [1.54, 1.807) is 0 Å². The molecule has 128 valence electrons. The Balaban J connectivity index is 2.10. The predicted molar refractivity (Wildman–Crippen MR) is 90.8 cm³/mol. The smallest absolute Gasteiger partial charge is 0.137 e. The summed E-state index contributed by atoms with van der Waals surface area (Å²) in [7, 11) is 0. The van der Waals surface area contributed by atoms with E-state index in [1.807, 2.05) is 13.0 Å². The zero-order valence-electron chi connectivity index (χ0n) is 14.4. The molecule has 0 saturated heterocycles. The highest BCUT2D eigenvalue weighted by Crippen LogP contribution is 2.15. The molecule has 1 aromatic heterocycles. The van der Waals surface area contributed by atoms with Crippen LogP contribution in [-0.4, -0.2) is 22.4 Å². The molecular formula is C18H34N2O2. The maximum Gasteiger partial charge on any atom is 0.137 e. The van der Waals surface area contributed by atoms with Crippen molar-refractivity contribution in [2.24, 2.45) is 5.73 Å². The van der Waals surface area contributed by atoms with Gasteiger partial charge in [-0.25, -0.2) is 0 Å². The molecule has 1 heterocycles. The van der Waals surface area contributed by atoms with Crippen LogP contribution in [0.25, 0.3) is 0 Å². The number of aryl methyl sites for hydroxylation is 2. The Kier molecular flexibility index (Phi) is 9.41. The summed E-state index contributed by atoms with van der Waals surface area (Å²) in [5.74, 6) is 0.875. The average molecular weight is 310 g/mol. The first kappa shape index (κ1) is 19.2. The first-order valence-electron chi connectivity index (χ1n) is 8.91.